The predicted octanol–water partition coefficient (Wildman–Crippen LogP) is 3.85. The van der Waals surface area contributed by atoms with Gasteiger partial charge in [0.15, 0.2) is 16.1 Å². The first kappa shape index (κ1) is 30.3. The first-order chi connectivity index (χ1) is 15.3. The molecule has 12 heteroatoms. The van der Waals surface area contributed by atoms with Gasteiger partial charge in [-0.15, -0.1) is 0 Å². The van der Waals surface area contributed by atoms with E-state index in [1.165, 1.54) is 23.5 Å². The fourth-order valence-corrected chi connectivity index (χ4v) is 4.92. The maximum absolute atomic E-state index is 8.44. The molecule has 2 atom stereocenters. The second-order valence-corrected chi connectivity index (χ2v) is 9.73. The third-order valence-electron chi connectivity index (χ3n) is 4.48. The molecule has 1 aliphatic heterocycles. The fraction of sp³-hybridized carbons (Fsp3) is 0.619. The van der Waals surface area contributed by atoms with Gasteiger partial charge in [-0.3, -0.25) is 25.7 Å². The van der Waals surface area contributed by atoms with Gasteiger partial charge in [0, 0.05) is 60.1 Å². The molecule has 0 amide bonds. The van der Waals surface area contributed by atoms with Crippen molar-refractivity contribution in [3.05, 3.63) is 23.7 Å². The molecule has 9 nitrogen and oxygen atoms in total. The van der Waals surface area contributed by atoms with Crippen LogP contribution in [0.15, 0.2) is 31.6 Å². The van der Waals surface area contributed by atoms with E-state index in [1.54, 1.807) is 6.92 Å². The van der Waals surface area contributed by atoms with E-state index < -0.39 is 0 Å². The number of nitrogens with zero attached hydrogens (tertiary/aromatic N) is 4. The number of nitrogens with two attached hydrogens (primary N) is 1. The van der Waals surface area contributed by atoms with E-state index in [-0.39, 0.29) is 51.9 Å². The Kier molecular flexibility index (Phi) is 14.7. The number of amidine groups is 2. The van der Waals surface area contributed by atoms with Crippen LogP contribution in [0.25, 0.3) is 0 Å². The molecule has 33 heavy (non-hydrogen) atoms. The summed E-state index contributed by atoms with van der Waals surface area (Å²) in [6.07, 6.45) is 0.412. The fourth-order valence-electron chi connectivity index (χ4n) is 3.20. The Bertz CT molecular complexity index is 845. The number of rotatable bonds is 9. The third kappa shape index (κ3) is 11.0. The van der Waals surface area contributed by atoms with E-state index in [0.29, 0.717) is 46.5 Å². The zero-order chi connectivity index (χ0) is 23.5. The van der Waals surface area contributed by atoms with Crippen molar-refractivity contribution >= 4 is 45.3 Å². The van der Waals surface area contributed by atoms with Gasteiger partial charge in [0.25, 0.3) is 0 Å². The molecule has 4 N–H and O–H groups in total. The molecule has 2 heterocycles. The van der Waals surface area contributed by atoms with Crippen LogP contribution in [0.3, 0.4) is 0 Å². The summed E-state index contributed by atoms with van der Waals surface area (Å²) in [6, 6.07) is 3.75. The normalized spacial score (nSPS) is 20.5. The van der Waals surface area contributed by atoms with Gasteiger partial charge in [-0.05, 0) is 46.8 Å². The summed E-state index contributed by atoms with van der Waals surface area (Å²) in [7, 11) is 0. The molecule has 0 radical (unpaired) electrons. The number of hydrogen-bond donors (Lipinski definition) is 3. The number of morpholine rings is 1. The van der Waals surface area contributed by atoms with E-state index in [9.17, 15) is 0 Å². The number of furan rings is 1. The van der Waals surface area contributed by atoms with E-state index in [2.05, 4.69) is 39.3 Å². The molecule has 1 saturated heterocycles. The quantitative estimate of drug-likeness (QED) is 0.153. The van der Waals surface area contributed by atoms with Gasteiger partial charge in [0.1, 0.15) is 11.5 Å². The van der Waals surface area contributed by atoms with Crippen LogP contribution >= 0.6 is 23.5 Å². The van der Waals surface area contributed by atoms with Crippen LogP contribution in [0.5, 0.6) is 0 Å². The second kappa shape index (κ2) is 16.0. The van der Waals surface area contributed by atoms with Crippen LogP contribution in [0.1, 0.15) is 49.0 Å². The Balaban J connectivity index is 0. The van der Waals surface area contributed by atoms with Crippen molar-refractivity contribution in [1.82, 2.24) is 10.3 Å². The second-order valence-electron chi connectivity index (χ2n) is 7.40. The van der Waals surface area contributed by atoms with E-state index >= 15 is 0 Å². The minimum absolute atomic E-state index is 0. The molecule has 2 rings (SSSR count). The standard InChI is InChI=1S/C21H35N7O2S2.U.2H2/c1-6-24-20(23)31-13-32-21(25-7-2)27-26-16(5)19(22)18-9-8-17(30-18)12-28-10-14(3)29-15(4)11-28;;;/h8-9,14-15,22H,6-7,10-13H2,1-5H3,(H2,23,24)(H,25,27);;2*1H/b22-19?,26-16+;;;. The van der Waals surface area contributed by atoms with Crippen molar-refractivity contribution < 1.29 is 43.1 Å². The Morgan fingerprint density at radius 2 is 1.88 bits per heavy atom. The summed E-state index contributed by atoms with van der Waals surface area (Å²) >= 11 is 2.96. The van der Waals surface area contributed by atoms with Crippen LogP contribution < -0.4 is 11.2 Å². The average Bonchev–Trinajstić information content (AvgIpc) is 3.19. The SMILES string of the molecule is CCN=C(N)SCSC(=NCC)N/N=C(\C)C(=N)c1ccc(CN2CC(C)OC(C)C2)o1.[HH].[HH].[U]. The number of hydrazone groups is 1. The molecule has 1 aromatic rings. The Labute approximate surface area is 232 Å². The summed E-state index contributed by atoms with van der Waals surface area (Å²) < 4.78 is 11.7. The predicted molar refractivity (Wildman–Crippen MR) is 141 cm³/mol. The largest absolute Gasteiger partial charge is 0.458 e. The van der Waals surface area contributed by atoms with Crippen molar-refractivity contribution in [1.29, 1.82) is 5.41 Å². The molecule has 1 fully saturated rings. The monoisotopic (exact) mass is 723 g/mol. The summed E-state index contributed by atoms with van der Waals surface area (Å²) in [4.78, 5) is 10.9. The van der Waals surface area contributed by atoms with Crippen LogP contribution in [0, 0.1) is 36.5 Å². The Morgan fingerprint density at radius 1 is 1.21 bits per heavy atom. The van der Waals surface area contributed by atoms with Crippen molar-refractivity contribution in [2.24, 2.45) is 20.8 Å². The van der Waals surface area contributed by atoms with Crippen LogP contribution in [-0.2, 0) is 11.3 Å². The molecular formula is C21H39N7O2S2U. The summed E-state index contributed by atoms with van der Waals surface area (Å²) in [5, 5.41) is 14.7. The van der Waals surface area contributed by atoms with Gasteiger partial charge in [-0.2, -0.15) is 5.10 Å². The number of ether oxygens (including phenoxy) is 1. The molecule has 0 saturated carbocycles. The zero-order valence-electron chi connectivity index (χ0n) is 20.1. The summed E-state index contributed by atoms with van der Waals surface area (Å²) in [5.41, 5.74) is 9.53. The maximum Gasteiger partial charge on any atom is 0.177 e. The molecule has 0 aromatic carbocycles. The molecule has 1 aliphatic rings. The third-order valence-corrected chi connectivity index (χ3v) is 6.34. The van der Waals surface area contributed by atoms with Gasteiger partial charge in [-0.1, -0.05) is 23.5 Å². The first-order valence-corrected chi connectivity index (χ1v) is 12.8. The van der Waals surface area contributed by atoms with Gasteiger partial charge >= 0.3 is 0 Å². The molecule has 0 bridgehead atoms. The van der Waals surface area contributed by atoms with Crippen LogP contribution in [0.2, 0.25) is 0 Å². The Hall–Kier alpha value is -0.768. The minimum atomic E-state index is 0. The minimum Gasteiger partial charge on any atom is -0.458 e. The first-order valence-electron chi connectivity index (χ1n) is 10.8. The molecular weight excluding hydrogens is 684 g/mol. The summed E-state index contributed by atoms with van der Waals surface area (Å²) in [6.45, 7) is 13.6. The van der Waals surface area contributed by atoms with E-state index in [0.717, 1.165) is 18.8 Å². The van der Waals surface area contributed by atoms with Gasteiger partial charge in [0.05, 0.1) is 29.5 Å². The number of aliphatic imine (C=N–C) groups is 2. The molecule has 1 aromatic heterocycles. The van der Waals surface area contributed by atoms with Crippen molar-refractivity contribution in [2.45, 2.75) is 53.4 Å². The van der Waals surface area contributed by atoms with Crippen LogP contribution in [-0.4, -0.2) is 70.1 Å². The van der Waals surface area contributed by atoms with Crippen molar-refractivity contribution in [3.8, 4) is 0 Å². The van der Waals surface area contributed by atoms with E-state index in [4.69, 9.17) is 20.3 Å². The van der Waals surface area contributed by atoms with Gasteiger partial charge in [-0.25, -0.2) is 0 Å². The van der Waals surface area contributed by atoms with Crippen molar-refractivity contribution in [3.63, 3.8) is 0 Å². The smallest absolute Gasteiger partial charge is 0.177 e. The zero-order valence-corrected chi connectivity index (χ0v) is 25.8. The molecule has 0 spiro atoms. The molecule has 0 aliphatic carbocycles. The average molecular weight is 724 g/mol. The maximum atomic E-state index is 8.44. The molecule has 2 unspecified atom stereocenters. The number of hydrogen-bond acceptors (Lipinski definition) is 9. The summed E-state index contributed by atoms with van der Waals surface area (Å²) in [5.74, 6) is 1.33. The number of nitrogens with one attached hydrogen (secondary N) is 2. The Morgan fingerprint density at radius 3 is 2.52 bits per heavy atom. The van der Waals surface area contributed by atoms with Crippen LogP contribution in [0.4, 0.5) is 0 Å². The number of thioether (sulfide) groups is 2. The van der Waals surface area contributed by atoms with Gasteiger partial charge in [0.2, 0.25) is 0 Å². The molecule has 186 valence electrons. The van der Waals surface area contributed by atoms with E-state index in [1.807, 2.05) is 26.0 Å². The topological polar surface area (TPSA) is 125 Å². The van der Waals surface area contributed by atoms with Gasteiger partial charge < -0.3 is 14.9 Å². The van der Waals surface area contributed by atoms with Crippen molar-refractivity contribution in [2.75, 3.05) is 31.3 Å².